The van der Waals surface area contributed by atoms with Crippen molar-refractivity contribution >= 4 is 5.91 Å². The van der Waals surface area contributed by atoms with Gasteiger partial charge < -0.3 is 15.3 Å². The van der Waals surface area contributed by atoms with Crippen LogP contribution in [0.2, 0.25) is 0 Å². The molecule has 2 saturated heterocycles. The molecule has 0 aromatic heterocycles. The van der Waals surface area contributed by atoms with E-state index >= 15 is 0 Å². The number of aliphatic hydroxyl groups is 1. The summed E-state index contributed by atoms with van der Waals surface area (Å²) in [5, 5.41) is 12.6. The van der Waals surface area contributed by atoms with Crippen LogP contribution in [0.25, 0.3) is 0 Å². The van der Waals surface area contributed by atoms with Crippen molar-refractivity contribution in [2.45, 2.75) is 25.4 Å². The molecule has 2 heterocycles. The van der Waals surface area contributed by atoms with E-state index in [9.17, 15) is 9.90 Å². The molecule has 2 aliphatic rings. The Labute approximate surface area is 84.3 Å². The Kier molecular flexibility index (Phi) is 3.03. The van der Waals surface area contributed by atoms with Crippen molar-refractivity contribution < 1.29 is 9.90 Å². The van der Waals surface area contributed by atoms with Gasteiger partial charge in [-0.1, -0.05) is 0 Å². The molecule has 2 rings (SSSR count). The quantitative estimate of drug-likeness (QED) is 0.633. The molecule has 1 unspecified atom stereocenters. The fourth-order valence-electron chi connectivity index (χ4n) is 2.23. The highest BCUT2D eigenvalue weighted by atomic mass is 16.3. The molecule has 0 spiro atoms. The smallest absolute Gasteiger partial charge is 0.222 e. The Bertz CT molecular complexity index is 214. The summed E-state index contributed by atoms with van der Waals surface area (Å²) in [6.45, 7) is 3.29. The summed E-state index contributed by atoms with van der Waals surface area (Å²) in [6.07, 6.45) is 2.22. The van der Waals surface area contributed by atoms with Gasteiger partial charge in [0.1, 0.15) is 0 Å². The largest absolute Gasteiger partial charge is 0.391 e. The lowest BCUT2D eigenvalue weighted by atomic mass is 10.0. The summed E-state index contributed by atoms with van der Waals surface area (Å²) in [7, 11) is 0. The van der Waals surface area contributed by atoms with Gasteiger partial charge in [0.15, 0.2) is 0 Å². The Balaban J connectivity index is 1.77. The SMILES string of the molecule is O=C(CC1CCNC1)N1CC[C@H](O)C1. The maximum Gasteiger partial charge on any atom is 0.222 e. The van der Waals surface area contributed by atoms with Gasteiger partial charge in [-0.3, -0.25) is 4.79 Å². The summed E-state index contributed by atoms with van der Waals surface area (Å²) >= 11 is 0. The Morgan fingerprint density at radius 2 is 2.36 bits per heavy atom. The minimum atomic E-state index is -0.291. The summed E-state index contributed by atoms with van der Waals surface area (Å²) < 4.78 is 0. The number of carbonyl (C=O) groups is 1. The average molecular weight is 198 g/mol. The molecule has 2 aliphatic heterocycles. The first-order valence-corrected chi connectivity index (χ1v) is 5.42. The number of β-amino-alcohol motifs (C(OH)–C–C–N with tert-alkyl or cyclic N) is 1. The minimum Gasteiger partial charge on any atom is -0.391 e. The molecule has 0 aromatic rings. The number of hydrogen-bond donors (Lipinski definition) is 2. The van der Waals surface area contributed by atoms with Gasteiger partial charge in [-0.25, -0.2) is 0 Å². The zero-order valence-corrected chi connectivity index (χ0v) is 8.41. The van der Waals surface area contributed by atoms with Crippen LogP contribution >= 0.6 is 0 Å². The number of hydrogen-bond acceptors (Lipinski definition) is 3. The molecule has 4 heteroatoms. The van der Waals surface area contributed by atoms with Crippen LogP contribution in [0.5, 0.6) is 0 Å². The summed E-state index contributed by atoms with van der Waals surface area (Å²) in [5.74, 6) is 0.732. The fourth-order valence-corrected chi connectivity index (χ4v) is 2.23. The first-order valence-electron chi connectivity index (χ1n) is 5.42. The van der Waals surface area contributed by atoms with Crippen LogP contribution in [-0.2, 0) is 4.79 Å². The second-order valence-electron chi connectivity index (χ2n) is 4.35. The van der Waals surface area contributed by atoms with Crippen molar-refractivity contribution in [2.75, 3.05) is 26.2 Å². The zero-order valence-electron chi connectivity index (χ0n) is 8.41. The number of nitrogens with one attached hydrogen (secondary N) is 1. The Morgan fingerprint density at radius 1 is 1.50 bits per heavy atom. The van der Waals surface area contributed by atoms with Gasteiger partial charge in [0.05, 0.1) is 6.10 Å². The molecule has 80 valence electrons. The summed E-state index contributed by atoms with van der Waals surface area (Å²) in [5.41, 5.74) is 0. The second kappa shape index (κ2) is 4.28. The van der Waals surface area contributed by atoms with Crippen LogP contribution in [-0.4, -0.2) is 48.2 Å². The van der Waals surface area contributed by atoms with Gasteiger partial charge >= 0.3 is 0 Å². The van der Waals surface area contributed by atoms with Gasteiger partial charge in [-0.05, 0) is 31.8 Å². The monoisotopic (exact) mass is 198 g/mol. The molecule has 2 fully saturated rings. The second-order valence-corrected chi connectivity index (χ2v) is 4.35. The molecule has 2 atom stereocenters. The highest BCUT2D eigenvalue weighted by Crippen LogP contribution is 2.16. The standard InChI is InChI=1S/C10H18N2O2/c13-9-2-4-12(7-9)10(14)5-8-1-3-11-6-8/h8-9,11,13H,1-7H2/t8?,9-/m0/s1. The maximum absolute atomic E-state index is 11.7. The van der Waals surface area contributed by atoms with Crippen LogP contribution in [0.3, 0.4) is 0 Å². The molecular weight excluding hydrogens is 180 g/mol. The van der Waals surface area contributed by atoms with E-state index in [0.29, 0.717) is 18.9 Å². The molecular formula is C10H18N2O2. The van der Waals surface area contributed by atoms with Crippen LogP contribution in [0.1, 0.15) is 19.3 Å². The van der Waals surface area contributed by atoms with Crippen molar-refractivity contribution in [3.63, 3.8) is 0 Å². The average Bonchev–Trinajstić information content (AvgIpc) is 2.75. The first kappa shape index (κ1) is 9.93. The number of nitrogens with zero attached hydrogens (tertiary/aromatic N) is 1. The molecule has 4 nitrogen and oxygen atoms in total. The van der Waals surface area contributed by atoms with E-state index < -0.39 is 0 Å². The van der Waals surface area contributed by atoms with Gasteiger partial charge in [-0.15, -0.1) is 0 Å². The van der Waals surface area contributed by atoms with Gasteiger partial charge in [0.2, 0.25) is 5.91 Å². The van der Waals surface area contributed by atoms with Crippen molar-refractivity contribution in [3.8, 4) is 0 Å². The van der Waals surface area contributed by atoms with Crippen molar-refractivity contribution in [1.82, 2.24) is 10.2 Å². The Morgan fingerprint density at radius 3 is 2.93 bits per heavy atom. The number of aliphatic hydroxyl groups excluding tert-OH is 1. The van der Waals surface area contributed by atoms with E-state index in [2.05, 4.69) is 5.32 Å². The highest BCUT2D eigenvalue weighted by Gasteiger charge is 2.27. The molecule has 1 amide bonds. The number of amides is 1. The maximum atomic E-state index is 11.7. The van der Waals surface area contributed by atoms with E-state index in [1.807, 2.05) is 0 Å². The van der Waals surface area contributed by atoms with Gasteiger partial charge in [0.25, 0.3) is 0 Å². The van der Waals surface area contributed by atoms with Crippen molar-refractivity contribution in [2.24, 2.45) is 5.92 Å². The minimum absolute atomic E-state index is 0.218. The normalized spacial score (nSPS) is 32.5. The lowest BCUT2D eigenvalue weighted by Gasteiger charge is -2.17. The lowest BCUT2D eigenvalue weighted by molar-refractivity contribution is -0.131. The van der Waals surface area contributed by atoms with Crippen LogP contribution < -0.4 is 5.32 Å². The first-order chi connectivity index (χ1) is 6.75. The fraction of sp³-hybridized carbons (Fsp3) is 0.900. The predicted molar refractivity (Wildman–Crippen MR) is 52.8 cm³/mol. The zero-order chi connectivity index (χ0) is 9.97. The van der Waals surface area contributed by atoms with E-state index in [-0.39, 0.29) is 12.0 Å². The third-order valence-electron chi connectivity index (χ3n) is 3.14. The van der Waals surface area contributed by atoms with E-state index in [1.54, 1.807) is 4.90 Å². The van der Waals surface area contributed by atoms with Crippen LogP contribution in [0.4, 0.5) is 0 Å². The molecule has 0 bridgehead atoms. The van der Waals surface area contributed by atoms with Crippen molar-refractivity contribution in [1.29, 1.82) is 0 Å². The van der Waals surface area contributed by atoms with Gasteiger partial charge in [-0.2, -0.15) is 0 Å². The molecule has 2 N–H and O–H groups in total. The number of rotatable bonds is 2. The number of carbonyl (C=O) groups excluding carboxylic acids is 1. The van der Waals surface area contributed by atoms with E-state index in [0.717, 1.165) is 32.5 Å². The molecule has 0 aromatic carbocycles. The Hall–Kier alpha value is -0.610. The van der Waals surface area contributed by atoms with Crippen molar-refractivity contribution in [3.05, 3.63) is 0 Å². The van der Waals surface area contributed by atoms with E-state index in [4.69, 9.17) is 0 Å². The van der Waals surface area contributed by atoms with Crippen LogP contribution in [0.15, 0.2) is 0 Å². The third kappa shape index (κ3) is 2.25. The van der Waals surface area contributed by atoms with Crippen LogP contribution in [0, 0.1) is 5.92 Å². The molecule has 0 aliphatic carbocycles. The molecule has 14 heavy (non-hydrogen) atoms. The topological polar surface area (TPSA) is 52.6 Å². The highest BCUT2D eigenvalue weighted by molar-refractivity contribution is 5.76. The summed E-state index contributed by atoms with van der Waals surface area (Å²) in [6, 6.07) is 0. The lowest BCUT2D eigenvalue weighted by Crippen LogP contribution is -2.31. The predicted octanol–water partition coefficient (Wildman–Crippen LogP) is -0.421. The summed E-state index contributed by atoms with van der Waals surface area (Å²) in [4.78, 5) is 13.5. The van der Waals surface area contributed by atoms with E-state index in [1.165, 1.54) is 0 Å². The van der Waals surface area contributed by atoms with Gasteiger partial charge in [0, 0.05) is 19.5 Å². The molecule has 0 saturated carbocycles. The third-order valence-corrected chi connectivity index (χ3v) is 3.14. The molecule has 0 radical (unpaired) electrons. The number of likely N-dealkylation sites (tertiary alicyclic amines) is 1.